The van der Waals surface area contributed by atoms with Gasteiger partial charge in [-0.25, -0.2) is 9.97 Å². The van der Waals surface area contributed by atoms with Gasteiger partial charge in [0.15, 0.2) is 0 Å². The van der Waals surface area contributed by atoms with Crippen molar-refractivity contribution in [3.63, 3.8) is 0 Å². The van der Waals surface area contributed by atoms with Crippen molar-refractivity contribution < 1.29 is 0 Å². The third-order valence-corrected chi connectivity index (χ3v) is 5.08. The van der Waals surface area contributed by atoms with E-state index in [1.807, 2.05) is 42.6 Å². The predicted molar refractivity (Wildman–Crippen MR) is 101 cm³/mol. The van der Waals surface area contributed by atoms with Crippen molar-refractivity contribution >= 4 is 68.2 Å². The number of benzene rings is 2. The number of halogens is 4. The summed E-state index contributed by atoms with van der Waals surface area (Å²) < 4.78 is 2.06. The molecule has 3 nitrogen and oxygen atoms in total. The lowest BCUT2D eigenvalue weighted by atomic mass is 10.1. The Morgan fingerprint density at radius 1 is 0.875 bits per heavy atom. The Labute approximate surface area is 157 Å². The maximum atomic E-state index is 6.28. The van der Waals surface area contributed by atoms with E-state index in [2.05, 4.69) is 14.5 Å². The van der Waals surface area contributed by atoms with Crippen LogP contribution in [0.25, 0.3) is 21.8 Å². The molecule has 2 heterocycles. The van der Waals surface area contributed by atoms with Gasteiger partial charge in [-0.3, -0.25) is 0 Å². The number of aromatic nitrogens is 3. The van der Waals surface area contributed by atoms with E-state index in [9.17, 15) is 0 Å². The zero-order valence-corrected chi connectivity index (χ0v) is 15.1. The normalized spacial score (nSPS) is 11.5. The number of fused-ring (bicyclic) bond motifs is 3. The van der Waals surface area contributed by atoms with Gasteiger partial charge in [-0.15, -0.1) is 0 Å². The summed E-state index contributed by atoms with van der Waals surface area (Å²) in [6.45, 7) is 0.555. The first kappa shape index (κ1) is 16.0. The highest BCUT2D eigenvalue weighted by Gasteiger charge is 2.13. The van der Waals surface area contributed by atoms with Gasteiger partial charge in [-0.05, 0) is 41.9 Å². The van der Waals surface area contributed by atoms with E-state index in [1.54, 1.807) is 0 Å². The van der Waals surface area contributed by atoms with Gasteiger partial charge in [0.1, 0.15) is 5.15 Å². The number of nitrogens with zero attached hydrogens (tertiary/aromatic N) is 3. The highest BCUT2D eigenvalue weighted by molar-refractivity contribution is 6.38. The summed E-state index contributed by atoms with van der Waals surface area (Å²) in [5.41, 5.74) is 2.57. The van der Waals surface area contributed by atoms with Crippen LogP contribution >= 0.6 is 46.4 Å². The van der Waals surface area contributed by atoms with E-state index >= 15 is 0 Å². The summed E-state index contributed by atoms with van der Waals surface area (Å²) in [4.78, 5) is 8.27. The minimum atomic E-state index is 0.133. The molecule has 0 N–H and O–H groups in total. The molecule has 0 aliphatic carbocycles. The molecule has 24 heavy (non-hydrogen) atoms. The molecule has 0 spiro atoms. The molecular formula is C17H9Cl4N3. The third-order valence-electron chi connectivity index (χ3n) is 3.93. The molecule has 7 heteroatoms. The summed E-state index contributed by atoms with van der Waals surface area (Å²) >= 11 is 24.7. The minimum Gasteiger partial charge on any atom is -0.343 e. The highest BCUT2D eigenvalue weighted by atomic mass is 35.5. The Hall–Kier alpha value is -1.52. The fourth-order valence-corrected chi connectivity index (χ4v) is 3.84. The average molecular weight is 397 g/mol. The molecule has 0 bridgehead atoms. The van der Waals surface area contributed by atoms with Crippen molar-refractivity contribution in [2.75, 3.05) is 0 Å². The smallest absolute Gasteiger partial charge is 0.224 e. The van der Waals surface area contributed by atoms with E-state index in [4.69, 9.17) is 46.4 Å². The Bertz CT molecular complexity index is 1070. The molecular weight excluding hydrogens is 388 g/mol. The summed E-state index contributed by atoms with van der Waals surface area (Å²) in [5.74, 6) is 0. The zero-order valence-electron chi connectivity index (χ0n) is 12.1. The van der Waals surface area contributed by atoms with Crippen molar-refractivity contribution in [3.05, 3.63) is 68.6 Å². The quantitative estimate of drug-likeness (QED) is 0.296. The molecule has 2 aromatic carbocycles. The van der Waals surface area contributed by atoms with Gasteiger partial charge in [-0.2, -0.15) is 0 Å². The molecule has 4 aromatic rings. The maximum absolute atomic E-state index is 6.28. The number of hydrogen-bond acceptors (Lipinski definition) is 2. The second kappa shape index (κ2) is 6.08. The lowest BCUT2D eigenvalue weighted by Crippen LogP contribution is -1.99. The van der Waals surface area contributed by atoms with E-state index in [-0.39, 0.29) is 5.28 Å². The molecule has 0 saturated heterocycles. The van der Waals surface area contributed by atoms with Crippen molar-refractivity contribution in [1.82, 2.24) is 14.5 Å². The van der Waals surface area contributed by atoms with Gasteiger partial charge in [0.25, 0.3) is 0 Å². The molecule has 0 unspecified atom stereocenters. The van der Waals surface area contributed by atoms with Crippen LogP contribution in [-0.2, 0) is 6.54 Å². The first-order valence-electron chi connectivity index (χ1n) is 7.08. The van der Waals surface area contributed by atoms with Gasteiger partial charge in [0.2, 0.25) is 5.28 Å². The summed E-state index contributed by atoms with van der Waals surface area (Å²) in [6, 6.07) is 11.3. The Balaban J connectivity index is 1.91. The van der Waals surface area contributed by atoms with Crippen molar-refractivity contribution in [3.8, 4) is 0 Å². The standard InChI is InChI=1S/C17H9Cl4N3/c18-11-2-1-3-12(19)10(11)8-24-7-6-9-14(24)5-4-13-15(9)16(20)23-17(21)22-13/h1-7H,8H2. The molecule has 0 atom stereocenters. The topological polar surface area (TPSA) is 30.7 Å². The molecule has 0 saturated carbocycles. The molecule has 0 aliphatic heterocycles. The monoisotopic (exact) mass is 395 g/mol. The van der Waals surface area contributed by atoms with Crippen LogP contribution in [0.2, 0.25) is 20.5 Å². The molecule has 0 radical (unpaired) electrons. The van der Waals surface area contributed by atoms with Crippen LogP contribution < -0.4 is 0 Å². The largest absolute Gasteiger partial charge is 0.343 e. The SMILES string of the molecule is Clc1nc(Cl)c2c(ccc3c2ccn3Cc2c(Cl)cccc2Cl)n1. The molecule has 2 aromatic heterocycles. The summed E-state index contributed by atoms with van der Waals surface area (Å²) in [6.07, 6.45) is 1.97. The van der Waals surface area contributed by atoms with Crippen molar-refractivity contribution in [2.45, 2.75) is 6.54 Å². The van der Waals surface area contributed by atoms with Crippen LogP contribution in [-0.4, -0.2) is 14.5 Å². The molecule has 4 rings (SSSR count). The van der Waals surface area contributed by atoms with Gasteiger partial charge < -0.3 is 4.57 Å². The Kier molecular flexibility index (Phi) is 4.05. The van der Waals surface area contributed by atoms with E-state index in [0.717, 1.165) is 21.9 Å². The molecule has 0 fully saturated rings. The fraction of sp³-hybridized carbons (Fsp3) is 0.0588. The highest BCUT2D eigenvalue weighted by Crippen LogP contribution is 2.32. The van der Waals surface area contributed by atoms with Crippen LogP contribution in [0.3, 0.4) is 0 Å². The van der Waals surface area contributed by atoms with Crippen LogP contribution in [0, 0.1) is 0 Å². The third kappa shape index (κ3) is 2.62. The first-order valence-corrected chi connectivity index (χ1v) is 8.59. The van der Waals surface area contributed by atoms with Crippen molar-refractivity contribution in [1.29, 1.82) is 0 Å². The number of hydrogen-bond donors (Lipinski definition) is 0. The predicted octanol–water partition coefficient (Wildman–Crippen LogP) is 6.25. The van der Waals surface area contributed by atoms with Gasteiger partial charge >= 0.3 is 0 Å². The maximum Gasteiger partial charge on any atom is 0.224 e. The van der Waals surface area contributed by atoms with Crippen molar-refractivity contribution in [2.24, 2.45) is 0 Å². The van der Waals surface area contributed by atoms with Crippen LogP contribution in [0.5, 0.6) is 0 Å². The molecule has 0 aliphatic rings. The van der Waals surface area contributed by atoms with Crippen LogP contribution in [0.4, 0.5) is 0 Å². The minimum absolute atomic E-state index is 0.133. The second-order valence-electron chi connectivity index (χ2n) is 5.32. The van der Waals surface area contributed by atoms with Crippen LogP contribution in [0.15, 0.2) is 42.6 Å². The van der Waals surface area contributed by atoms with Gasteiger partial charge in [0, 0.05) is 38.1 Å². The average Bonchev–Trinajstić information content (AvgIpc) is 2.93. The Morgan fingerprint density at radius 2 is 1.62 bits per heavy atom. The summed E-state index contributed by atoms with van der Waals surface area (Å²) in [5, 5.41) is 3.48. The van der Waals surface area contributed by atoms with Crippen LogP contribution in [0.1, 0.15) is 5.56 Å². The molecule has 120 valence electrons. The van der Waals surface area contributed by atoms with E-state index < -0.39 is 0 Å². The zero-order chi connectivity index (χ0) is 16.8. The Morgan fingerprint density at radius 3 is 2.38 bits per heavy atom. The summed E-state index contributed by atoms with van der Waals surface area (Å²) in [7, 11) is 0. The second-order valence-corrected chi connectivity index (χ2v) is 6.83. The van der Waals surface area contributed by atoms with Gasteiger partial charge in [-0.1, -0.05) is 40.9 Å². The fourth-order valence-electron chi connectivity index (χ4n) is 2.82. The van der Waals surface area contributed by atoms with E-state index in [0.29, 0.717) is 27.3 Å². The molecule has 0 amide bonds. The lowest BCUT2D eigenvalue weighted by molar-refractivity contribution is 0.837. The number of rotatable bonds is 2. The van der Waals surface area contributed by atoms with Gasteiger partial charge in [0.05, 0.1) is 12.1 Å². The lowest BCUT2D eigenvalue weighted by Gasteiger charge is -2.10. The first-order chi connectivity index (χ1) is 11.5. The van der Waals surface area contributed by atoms with E-state index in [1.165, 1.54) is 0 Å².